The summed E-state index contributed by atoms with van der Waals surface area (Å²) in [5.41, 5.74) is 4.88. The highest BCUT2D eigenvalue weighted by molar-refractivity contribution is 9.13. The van der Waals surface area contributed by atoms with Crippen molar-refractivity contribution in [3.8, 4) is 0 Å². The molecule has 1 heterocycles. The third kappa shape index (κ3) is 2.47. The van der Waals surface area contributed by atoms with Gasteiger partial charge in [0.05, 0.1) is 9.08 Å². The van der Waals surface area contributed by atoms with Gasteiger partial charge in [0.2, 0.25) is 0 Å². The van der Waals surface area contributed by atoms with Gasteiger partial charge in [-0.3, -0.25) is 0 Å². The lowest BCUT2D eigenvalue weighted by atomic mass is 10.2. The van der Waals surface area contributed by atoms with Gasteiger partial charge < -0.3 is 10.7 Å². The molecule has 0 aliphatic heterocycles. The Balaban J connectivity index is 2.96. The van der Waals surface area contributed by atoms with Gasteiger partial charge in [-0.1, -0.05) is 0 Å². The Hall–Kier alpha value is -0.0100. The molecule has 0 bridgehead atoms. The Labute approximate surface area is 88.9 Å². The fraction of sp³-hybridized carbons (Fsp3) is 0.333. The van der Waals surface area contributed by atoms with E-state index in [0.717, 1.165) is 0 Å². The van der Waals surface area contributed by atoms with Gasteiger partial charge in [-0.25, -0.2) is 0 Å². The van der Waals surface area contributed by atoms with Crippen LogP contribution in [0.2, 0.25) is 0 Å². The second kappa shape index (κ2) is 3.62. The lowest BCUT2D eigenvalue weighted by Crippen LogP contribution is -2.28. The molecular formula is C6H5Br2F3N2. The van der Waals surface area contributed by atoms with Crippen LogP contribution in [0.15, 0.2) is 15.1 Å². The van der Waals surface area contributed by atoms with Gasteiger partial charge in [-0.15, -0.1) is 0 Å². The molecule has 7 heteroatoms. The summed E-state index contributed by atoms with van der Waals surface area (Å²) in [5.74, 6) is 0. The smallest absolute Gasteiger partial charge is 0.351 e. The fourth-order valence-electron chi connectivity index (χ4n) is 0.766. The molecule has 0 saturated heterocycles. The van der Waals surface area contributed by atoms with E-state index in [-0.39, 0.29) is 5.69 Å². The number of nitrogens with two attached hydrogens (primary N) is 1. The van der Waals surface area contributed by atoms with Crippen LogP contribution in [0.25, 0.3) is 0 Å². The number of rotatable bonds is 1. The Morgan fingerprint density at radius 1 is 1.38 bits per heavy atom. The van der Waals surface area contributed by atoms with Crippen molar-refractivity contribution >= 4 is 31.9 Å². The molecule has 0 fully saturated rings. The second-order valence-electron chi connectivity index (χ2n) is 2.41. The third-order valence-corrected chi connectivity index (χ3v) is 3.22. The highest BCUT2D eigenvalue weighted by atomic mass is 79.9. The zero-order valence-electron chi connectivity index (χ0n) is 6.12. The molecule has 0 radical (unpaired) electrons. The molecule has 0 aliphatic rings. The van der Waals surface area contributed by atoms with Crippen molar-refractivity contribution in [1.82, 2.24) is 4.98 Å². The van der Waals surface area contributed by atoms with Crippen LogP contribution < -0.4 is 5.73 Å². The van der Waals surface area contributed by atoms with E-state index in [1.165, 1.54) is 6.07 Å². The summed E-state index contributed by atoms with van der Waals surface area (Å²) in [6, 6.07) is -0.683. The Bertz CT molecular complexity index is 288. The van der Waals surface area contributed by atoms with Crippen LogP contribution >= 0.6 is 31.9 Å². The third-order valence-electron chi connectivity index (χ3n) is 1.43. The van der Waals surface area contributed by atoms with Crippen molar-refractivity contribution in [3.63, 3.8) is 0 Å². The molecule has 1 rings (SSSR count). The molecule has 3 N–H and O–H groups in total. The molecule has 1 atom stereocenters. The van der Waals surface area contributed by atoms with E-state index in [0.29, 0.717) is 9.08 Å². The van der Waals surface area contributed by atoms with Crippen molar-refractivity contribution in [2.75, 3.05) is 0 Å². The molecule has 1 aromatic heterocycles. The monoisotopic (exact) mass is 320 g/mol. The van der Waals surface area contributed by atoms with Gasteiger partial charge in [-0.2, -0.15) is 13.2 Å². The molecule has 0 amide bonds. The van der Waals surface area contributed by atoms with Crippen molar-refractivity contribution in [2.45, 2.75) is 12.2 Å². The number of hydrogen-bond donors (Lipinski definition) is 2. The van der Waals surface area contributed by atoms with Crippen LogP contribution in [0.3, 0.4) is 0 Å². The predicted octanol–water partition coefficient (Wildman–Crippen LogP) is 3.10. The predicted molar refractivity (Wildman–Crippen MR) is 49.2 cm³/mol. The lowest BCUT2D eigenvalue weighted by Gasteiger charge is -2.13. The summed E-state index contributed by atoms with van der Waals surface area (Å²) >= 11 is 6.08. The SMILES string of the molecule is NC(c1cc(Br)c(Br)[nH]1)C(F)(F)F. The standard InChI is InChI=1S/C6H5Br2F3N2/c7-2-1-3(13-5(2)8)4(12)6(9,10)11/h1,4,13H,12H2. The minimum Gasteiger partial charge on any atom is -0.351 e. The maximum Gasteiger partial charge on any atom is 0.409 e. The first-order valence-corrected chi connectivity index (χ1v) is 4.77. The minimum atomic E-state index is -4.43. The second-order valence-corrected chi connectivity index (χ2v) is 4.05. The van der Waals surface area contributed by atoms with E-state index in [1.807, 2.05) is 0 Å². The number of halogens is 5. The summed E-state index contributed by atoms with van der Waals surface area (Å²) in [4.78, 5) is 2.48. The van der Waals surface area contributed by atoms with Gasteiger partial charge in [0.1, 0.15) is 6.04 Å². The maximum atomic E-state index is 12.1. The number of nitrogens with one attached hydrogen (secondary N) is 1. The van der Waals surface area contributed by atoms with Crippen LogP contribution in [0, 0.1) is 0 Å². The number of hydrogen-bond acceptors (Lipinski definition) is 1. The molecular weight excluding hydrogens is 317 g/mol. The van der Waals surface area contributed by atoms with Crippen LogP contribution in [-0.4, -0.2) is 11.2 Å². The van der Waals surface area contributed by atoms with E-state index in [4.69, 9.17) is 5.73 Å². The van der Waals surface area contributed by atoms with E-state index < -0.39 is 12.2 Å². The average molecular weight is 322 g/mol. The summed E-state index contributed by atoms with van der Waals surface area (Å²) in [6.45, 7) is 0. The highest BCUT2D eigenvalue weighted by Crippen LogP contribution is 2.33. The van der Waals surface area contributed by atoms with Gasteiger partial charge in [-0.05, 0) is 37.9 Å². The van der Waals surface area contributed by atoms with Crippen LogP contribution in [0.4, 0.5) is 13.2 Å². The Morgan fingerprint density at radius 2 is 1.92 bits per heavy atom. The van der Waals surface area contributed by atoms with Crippen LogP contribution in [0.1, 0.15) is 11.7 Å². The van der Waals surface area contributed by atoms with Gasteiger partial charge in [0.15, 0.2) is 0 Å². The van der Waals surface area contributed by atoms with Gasteiger partial charge in [0.25, 0.3) is 0 Å². The molecule has 13 heavy (non-hydrogen) atoms. The molecule has 0 saturated carbocycles. The first-order chi connectivity index (χ1) is 5.82. The minimum absolute atomic E-state index is 0.0775. The quantitative estimate of drug-likeness (QED) is 0.820. The van der Waals surface area contributed by atoms with Crippen LogP contribution in [0.5, 0.6) is 0 Å². The zero-order chi connectivity index (χ0) is 10.2. The highest BCUT2D eigenvalue weighted by Gasteiger charge is 2.38. The van der Waals surface area contributed by atoms with E-state index in [9.17, 15) is 13.2 Å². The molecule has 2 nitrogen and oxygen atoms in total. The van der Waals surface area contributed by atoms with Crippen molar-refractivity contribution < 1.29 is 13.2 Å². The topological polar surface area (TPSA) is 41.8 Å². The molecule has 0 aliphatic carbocycles. The maximum absolute atomic E-state index is 12.1. The molecule has 74 valence electrons. The largest absolute Gasteiger partial charge is 0.409 e. The van der Waals surface area contributed by atoms with E-state index in [1.54, 1.807) is 0 Å². The van der Waals surface area contributed by atoms with Crippen LogP contribution in [-0.2, 0) is 0 Å². The Morgan fingerprint density at radius 3 is 2.23 bits per heavy atom. The molecule has 1 unspecified atom stereocenters. The summed E-state index contributed by atoms with van der Waals surface area (Å²) in [6.07, 6.45) is -4.43. The van der Waals surface area contributed by atoms with Crippen molar-refractivity contribution in [3.05, 3.63) is 20.8 Å². The first-order valence-electron chi connectivity index (χ1n) is 3.18. The Kier molecular flexibility index (Phi) is 3.09. The number of H-pyrrole nitrogens is 1. The van der Waals surface area contributed by atoms with Crippen molar-refractivity contribution in [2.24, 2.45) is 5.73 Å². The fourth-order valence-corrected chi connectivity index (χ4v) is 1.46. The average Bonchev–Trinajstić information content (AvgIpc) is 2.29. The summed E-state index contributed by atoms with van der Waals surface area (Å²) in [5, 5.41) is 0. The van der Waals surface area contributed by atoms with Gasteiger partial charge >= 0.3 is 6.18 Å². The molecule has 1 aromatic rings. The molecule has 0 spiro atoms. The number of alkyl halides is 3. The summed E-state index contributed by atoms with van der Waals surface area (Å²) < 4.78 is 37.3. The zero-order valence-corrected chi connectivity index (χ0v) is 9.29. The van der Waals surface area contributed by atoms with Crippen molar-refractivity contribution in [1.29, 1.82) is 0 Å². The molecule has 0 aromatic carbocycles. The normalized spacial score (nSPS) is 14.6. The first kappa shape index (κ1) is 11.1. The van der Waals surface area contributed by atoms with E-state index in [2.05, 4.69) is 36.8 Å². The van der Waals surface area contributed by atoms with Gasteiger partial charge in [0, 0.05) is 5.69 Å². The number of aromatic nitrogens is 1. The lowest BCUT2D eigenvalue weighted by molar-refractivity contribution is -0.149. The number of aromatic amines is 1. The summed E-state index contributed by atoms with van der Waals surface area (Å²) in [7, 11) is 0. The van der Waals surface area contributed by atoms with E-state index >= 15 is 0 Å².